The zero-order chi connectivity index (χ0) is 7.84. The van der Waals surface area contributed by atoms with Crippen LogP contribution in [0, 0.1) is 0 Å². The smallest absolute Gasteiger partial charge is 0.143 e. The monoisotopic (exact) mass is 155 g/mol. The fourth-order valence-electron chi connectivity index (χ4n) is 1.14. The van der Waals surface area contributed by atoms with Crippen molar-refractivity contribution in [2.45, 2.75) is 18.3 Å². The van der Waals surface area contributed by atoms with Gasteiger partial charge in [-0.15, -0.1) is 0 Å². The largest absolute Gasteiger partial charge is 0.261 e. The Bertz CT molecular complexity index is 242. The average molecular weight is 155 g/mol. The molecule has 0 amide bonds. The van der Waals surface area contributed by atoms with Crippen molar-refractivity contribution < 1.29 is 8.78 Å². The molecule has 0 bridgehead atoms. The average Bonchev–Trinajstić information content (AvgIpc) is 2.62. The summed E-state index contributed by atoms with van der Waals surface area (Å²) >= 11 is 0. The second kappa shape index (κ2) is 2.26. The van der Waals surface area contributed by atoms with E-state index >= 15 is 0 Å². The molecule has 2 atom stereocenters. The summed E-state index contributed by atoms with van der Waals surface area (Å²) in [5, 5.41) is 0. The number of hydrogen-bond donors (Lipinski definition) is 0. The lowest BCUT2D eigenvalue weighted by Gasteiger charge is -1.92. The maximum absolute atomic E-state index is 12.4. The Morgan fingerprint density at radius 2 is 1.91 bits per heavy atom. The fraction of sp³-hybridized carbons (Fsp3) is 0.375. The highest BCUT2D eigenvalue weighted by molar-refractivity contribution is 5.23. The summed E-state index contributed by atoms with van der Waals surface area (Å²) in [6, 6.07) is 5.11. The Morgan fingerprint density at radius 1 is 1.18 bits per heavy atom. The number of aromatic nitrogens is 1. The van der Waals surface area contributed by atoms with Crippen LogP contribution in [0.25, 0.3) is 0 Å². The lowest BCUT2D eigenvalue weighted by Crippen LogP contribution is -1.86. The van der Waals surface area contributed by atoms with Gasteiger partial charge < -0.3 is 0 Å². The van der Waals surface area contributed by atoms with Crippen LogP contribution >= 0.6 is 0 Å². The first kappa shape index (κ1) is 6.70. The molecule has 1 nitrogen and oxygen atoms in total. The van der Waals surface area contributed by atoms with Crippen molar-refractivity contribution in [2.24, 2.45) is 0 Å². The van der Waals surface area contributed by atoms with Gasteiger partial charge in [-0.2, -0.15) is 0 Å². The molecule has 0 aliphatic heterocycles. The van der Waals surface area contributed by atoms with Crippen molar-refractivity contribution in [3.8, 4) is 0 Å². The summed E-state index contributed by atoms with van der Waals surface area (Å²) in [5.74, 6) is -0.601. The molecule has 1 aliphatic carbocycles. The van der Waals surface area contributed by atoms with Crippen molar-refractivity contribution in [1.29, 1.82) is 0 Å². The van der Waals surface area contributed by atoms with Gasteiger partial charge in [-0.05, 0) is 12.1 Å². The summed E-state index contributed by atoms with van der Waals surface area (Å²) < 4.78 is 24.9. The number of pyridine rings is 1. The Hall–Kier alpha value is -0.990. The Labute approximate surface area is 63.1 Å². The van der Waals surface area contributed by atoms with Crippen LogP contribution in [0.2, 0.25) is 0 Å². The molecular weight excluding hydrogens is 148 g/mol. The topological polar surface area (TPSA) is 12.9 Å². The third-order valence-corrected chi connectivity index (χ3v) is 1.88. The van der Waals surface area contributed by atoms with Crippen LogP contribution in [0.1, 0.15) is 11.6 Å². The Balaban J connectivity index is 2.20. The van der Waals surface area contributed by atoms with Gasteiger partial charge in [0.15, 0.2) is 0 Å². The third kappa shape index (κ3) is 1.00. The van der Waals surface area contributed by atoms with Gasteiger partial charge in [0.2, 0.25) is 0 Å². The van der Waals surface area contributed by atoms with E-state index in [1.807, 2.05) is 0 Å². The summed E-state index contributed by atoms with van der Waals surface area (Å²) in [6.07, 6.45) is -1.11. The van der Waals surface area contributed by atoms with E-state index in [4.69, 9.17) is 0 Å². The molecule has 1 aromatic rings. The Kier molecular flexibility index (Phi) is 1.37. The fourth-order valence-corrected chi connectivity index (χ4v) is 1.14. The molecule has 11 heavy (non-hydrogen) atoms. The number of hydrogen-bond acceptors (Lipinski definition) is 1. The Morgan fingerprint density at radius 3 is 2.36 bits per heavy atom. The molecule has 1 aliphatic rings. The standard InChI is InChI=1S/C8H7F2N/c9-7-6(8(7)10)5-3-1-2-4-11-5/h1-4,6-8H. The van der Waals surface area contributed by atoms with E-state index in [0.29, 0.717) is 5.69 Å². The molecule has 3 heteroatoms. The normalized spacial score (nSPS) is 35.3. The van der Waals surface area contributed by atoms with E-state index < -0.39 is 18.3 Å². The van der Waals surface area contributed by atoms with Crippen LogP contribution in [0.5, 0.6) is 0 Å². The van der Waals surface area contributed by atoms with Gasteiger partial charge in [0.05, 0.1) is 5.92 Å². The minimum Gasteiger partial charge on any atom is -0.261 e. The molecule has 1 aromatic heterocycles. The van der Waals surface area contributed by atoms with Crippen LogP contribution in [0.4, 0.5) is 8.78 Å². The molecule has 0 N–H and O–H groups in total. The van der Waals surface area contributed by atoms with Crippen molar-refractivity contribution in [3.63, 3.8) is 0 Å². The van der Waals surface area contributed by atoms with Gasteiger partial charge in [-0.25, -0.2) is 8.78 Å². The van der Waals surface area contributed by atoms with Gasteiger partial charge in [0.25, 0.3) is 0 Å². The molecule has 0 radical (unpaired) electrons. The van der Waals surface area contributed by atoms with Crippen LogP contribution in [-0.2, 0) is 0 Å². The van der Waals surface area contributed by atoms with Crippen LogP contribution in [0.15, 0.2) is 24.4 Å². The minimum atomic E-state index is -1.33. The van der Waals surface area contributed by atoms with Gasteiger partial charge >= 0.3 is 0 Å². The summed E-state index contributed by atoms with van der Waals surface area (Å²) in [7, 11) is 0. The van der Waals surface area contributed by atoms with Crippen molar-refractivity contribution in [3.05, 3.63) is 30.1 Å². The number of nitrogens with zero attached hydrogens (tertiary/aromatic N) is 1. The molecule has 0 spiro atoms. The van der Waals surface area contributed by atoms with E-state index in [1.165, 1.54) is 0 Å². The van der Waals surface area contributed by atoms with Crippen molar-refractivity contribution in [2.75, 3.05) is 0 Å². The number of alkyl halides is 2. The van der Waals surface area contributed by atoms with E-state index in [0.717, 1.165) is 0 Å². The maximum Gasteiger partial charge on any atom is 0.143 e. The molecule has 1 saturated carbocycles. The molecule has 0 aromatic carbocycles. The molecule has 0 saturated heterocycles. The maximum atomic E-state index is 12.4. The van der Waals surface area contributed by atoms with Crippen LogP contribution in [0.3, 0.4) is 0 Å². The predicted octanol–water partition coefficient (Wildman–Crippen LogP) is 1.85. The number of rotatable bonds is 1. The van der Waals surface area contributed by atoms with E-state index in [2.05, 4.69) is 4.98 Å². The third-order valence-electron chi connectivity index (χ3n) is 1.88. The highest BCUT2D eigenvalue weighted by Gasteiger charge is 2.54. The summed E-state index contributed by atoms with van der Waals surface area (Å²) in [4.78, 5) is 3.86. The van der Waals surface area contributed by atoms with E-state index in [9.17, 15) is 8.78 Å². The first-order valence-corrected chi connectivity index (χ1v) is 3.50. The van der Waals surface area contributed by atoms with Gasteiger partial charge in [0.1, 0.15) is 12.3 Å². The summed E-state index contributed by atoms with van der Waals surface area (Å²) in [6.45, 7) is 0. The highest BCUT2D eigenvalue weighted by Crippen LogP contribution is 2.45. The predicted molar refractivity (Wildman–Crippen MR) is 36.8 cm³/mol. The zero-order valence-corrected chi connectivity index (χ0v) is 5.74. The van der Waals surface area contributed by atoms with E-state index in [-0.39, 0.29) is 0 Å². The van der Waals surface area contributed by atoms with Crippen LogP contribution in [-0.4, -0.2) is 17.3 Å². The first-order chi connectivity index (χ1) is 5.30. The minimum absolute atomic E-state index is 0.521. The van der Waals surface area contributed by atoms with Crippen molar-refractivity contribution >= 4 is 0 Å². The highest BCUT2D eigenvalue weighted by atomic mass is 19.2. The van der Waals surface area contributed by atoms with Crippen molar-refractivity contribution in [1.82, 2.24) is 4.98 Å². The molecular formula is C8H7F2N. The first-order valence-electron chi connectivity index (χ1n) is 3.50. The quantitative estimate of drug-likeness (QED) is 0.603. The van der Waals surface area contributed by atoms with E-state index in [1.54, 1.807) is 24.4 Å². The molecule has 58 valence electrons. The van der Waals surface area contributed by atoms with Gasteiger partial charge in [-0.3, -0.25) is 4.98 Å². The van der Waals surface area contributed by atoms with Crippen LogP contribution < -0.4 is 0 Å². The molecule has 2 unspecified atom stereocenters. The lowest BCUT2D eigenvalue weighted by molar-refractivity contribution is 0.372. The van der Waals surface area contributed by atoms with Gasteiger partial charge in [0, 0.05) is 11.9 Å². The molecule has 2 rings (SSSR count). The number of halogens is 2. The lowest BCUT2D eigenvalue weighted by atomic mass is 10.2. The molecule has 1 heterocycles. The molecule has 1 fully saturated rings. The van der Waals surface area contributed by atoms with Gasteiger partial charge in [-0.1, -0.05) is 6.07 Å². The zero-order valence-electron chi connectivity index (χ0n) is 5.74. The second-order valence-corrected chi connectivity index (χ2v) is 2.67. The second-order valence-electron chi connectivity index (χ2n) is 2.67. The summed E-state index contributed by atoms with van der Waals surface area (Å²) in [5.41, 5.74) is 0.521. The SMILES string of the molecule is FC1C(F)C1c1ccccn1.